The zero-order valence-electron chi connectivity index (χ0n) is 14.6. The zero-order valence-corrected chi connectivity index (χ0v) is 14.6. The first-order valence-corrected chi connectivity index (χ1v) is 9.24. The predicted molar refractivity (Wildman–Crippen MR) is 104 cm³/mol. The lowest BCUT2D eigenvalue weighted by atomic mass is 10.1. The van der Waals surface area contributed by atoms with Crippen molar-refractivity contribution in [3.8, 4) is 0 Å². The largest absolute Gasteiger partial charge is 0.475 e. The number of carboxylic acids is 1. The van der Waals surface area contributed by atoms with Gasteiger partial charge in [0.15, 0.2) is 5.76 Å². The van der Waals surface area contributed by atoms with Gasteiger partial charge in [0.1, 0.15) is 0 Å². The molecule has 1 rings (SSSR count). The standard InChI is InChI=1S/C20H32O3.Mg.2H/c1-2-3-4-5-6-7-8-9-10-11-12-13-14-15-16-17-18-19(23-18)20(21)22;;;/h14-17H,2-13H2,1H3,(H,21,22);;;. The van der Waals surface area contributed by atoms with E-state index in [0.29, 0.717) is 5.76 Å². The van der Waals surface area contributed by atoms with Crippen molar-refractivity contribution in [2.75, 3.05) is 0 Å². The van der Waals surface area contributed by atoms with Crippen LogP contribution < -0.4 is 0 Å². The molecule has 3 nitrogen and oxygen atoms in total. The van der Waals surface area contributed by atoms with E-state index >= 15 is 0 Å². The van der Waals surface area contributed by atoms with Crippen molar-refractivity contribution >= 4 is 29.0 Å². The van der Waals surface area contributed by atoms with Crippen molar-refractivity contribution in [3.05, 3.63) is 35.8 Å². The van der Waals surface area contributed by atoms with E-state index in [-0.39, 0.29) is 28.8 Å². The molecule has 1 N–H and O–H groups in total. The average molecular weight is 347 g/mol. The minimum Gasteiger partial charge on any atom is -0.475 e. The van der Waals surface area contributed by atoms with Crippen LogP contribution in [0.2, 0.25) is 0 Å². The molecule has 24 heavy (non-hydrogen) atoms. The summed E-state index contributed by atoms with van der Waals surface area (Å²) >= 11 is 0. The molecule has 134 valence electrons. The van der Waals surface area contributed by atoms with Crippen LogP contribution in [-0.4, -0.2) is 34.1 Å². The summed E-state index contributed by atoms with van der Waals surface area (Å²) < 4.78 is 4.81. The predicted octanol–water partition coefficient (Wildman–Crippen LogP) is 5.21. The molecule has 1 heterocycles. The van der Waals surface area contributed by atoms with Crippen molar-refractivity contribution in [2.45, 2.75) is 84.0 Å². The Labute approximate surface area is 163 Å². The number of aliphatic carboxylic acids is 1. The maximum Gasteiger partial charge on any atom is 0.375 e. The van der Waals surface area contributed by atoms with Gasteiger partial charge in [-0.05, 0) is 18.9 Å². The van der Waals surface area contributed by atoms with Gasteiger partial charge in [0.25, 0.3) is 5.76 Å². The highest BCUT2D eigenvalue weighted by Gasteiger charge is 2.29. The lowest BCUT2D eigenvalue weighted by Gasteiger charge is -2.01. The summed E-state index contributed by atoms with van der Waals surface area (Å²) in [6, 6.07) is 0. The smallest absolute Gasteiger partial charge is 0.375 e. The Hall–Kier alpha value is -0.744. The lowest BCUT2D eigenvalue weighted by molar-refractivity contribution is -0.133. The van der Waals surface area contributed by atoms with E-state index in [1.807, 2.05) is 12.2 Å². The summed E-state index contributed by atoms with van der Waals surface area (Å²) in [7, 11) is 0. The van der Waals surface area contributed by atoms with Crippen LogP contribution >= 0.6 is 0 Å². The Morgan fingerprint density at radius 2 is 1.46 bits per heavy atom. The molecule has 4 heteroatoms. The summed E-state index contributed by atoms with van der Waals surface area (Å²) in [6.45, 7) is 2.26. The van der Waals surface area contributed by atoms with Crippen LogP contribution in [0.1, 0.15) is 84.0 Å². The molecule has 0 atom stereocenters. The van der Waals surface area contributed by atoms with Crippen LogP contribution in [0, 0.1) is 0 Å². The minimum absolute atomic E-state index is 0. The van der Waals surface area contributed by atoms with Gasteiger partial charge >= 0.3 is 29.0 Å². The van der Waals surface area contributed by atoms with Gasteiger partial charge in [-0.25, -0.2) is 4.79 Å². The lowest BCUT2D eigenvalue weighted by Crippen LogP contribution is -1.88. The molecule has 0 saturated heterocycles. The van der Waals surface area contributed by atoms with E-state index in [9.17, 15) is 4.79 Å². The Kier molecular flexibility index (Phi) is 15.3. The second kappa shape index (κ2) is 15.8. The monoisotopic (exact) mass is 346 g/mol. The third-order valence-electron chi connectivity index (χ3n) is 4.06. The molecular formula is C20H34MgO3. The average Bonchev–Trinajstić information content (AvgIpc) is 3.31. The van der Waals surface area contributed by atoms with Crippen LogP contribution in [0.4, 0.5) is 0 Å². The SMILES string of the molecule is CCCCCCCCCCCCCC=CC=CC1=C(C(=O)O)O1.[MgH2]. The van der Waals surface area contributed by atoms with Gasteiger partial charge in [-0.15, -0.1) is 0 Å². The molecule has 0 aromatic carbocycles. The number of carboxylic acid groups (broad SMARTS) is 1. The van der Waals surface area contributed by atoms with E-state index in [2.05, 4.69) is 13.0 Å². The van der Waals surface area contributed by atoms with E-state index < -0.39 is 5.97 Å². The Morgan fingerprint density at radius 3 is 1.96 bits per heavy atom. The van der Waals surface area contributed by atoms with E-state index in [1.165, 1.54) is 70.6 Å². The van der Waals surface area contributed by atoms with Gasteiger partial charge in [0.05, 0.1) is 0 Å². The van der Waals surface area contributed by atoms with Gasteiger partial charge in [-0.2, -0.15) is 0 Å². The number of rotatable bonds is 15. The molecule has 0 unspecified atom stereocenters. The highest BCUT2D eigenvalue weighted by Crippen LogP contribution is 2.26. The molecule has 1 aliphatic heterocycles. The van der Waals surface area contributed by atoms with Crippen LogP contribution in [-0.2, 0) is 9.53 Å². The summed E-state index contributed by atoms with van der Waals surface area (Å²) in [5.41, 5.74) is 0. The molecule has 0 bridgehead atoms. The summed E-state index contributed by atoms with van der Waals surface area (Å²) in [5, 5.41) is 8.61. The number of unbranched alkanes of at least 4 members (excludes halogenated alkanes) is 11. The van der Waals surface area contributed by atoms with Gasteiger partial charge in [0, 0.05) is 0 Å². The molecule has 0 spiro atoms. The first-order chi connectivity index (χ1) is 11.3. The molecule has 0 amide bonds. The Balaban J connectivity index is 0.00000529. The fraction of sp³-hybridized carbons (Fsp3) is 0.650. The van der Waals surface area contributed by atoms with Crippen LogP contribution in [0.5, 0.6) is 0 Å². The third-order valence-corrected chi connectivity index (χ3v) is 4.06. The molecular weight excluding hydrogens is 313 g/mol. The molecule has 1 aliphatic rings. The minimum atomic E-state index is -0.991. The number of allylic oxidation sites excluding steroid dienone is 4. The van der Waals surface area contributed by atoms with Gasteiger partial charge < -0.3 is 9.84 Å². The second-order valence-corrected chi connectivity index (χ2v) is 6.21. The maximum absolute atomic E-state index is 10.5. The van der Waals surface area contributed by atoms with E-state index in [1.54, 1.807) is 6.08 Å². The van der Waals surface area contributed by atoms with Gasteiger partial charge in [0.2, 0.25) is 0 Å². The molecule has 0 aromatic heterocycles. The van der Waals surface area contributed by atoms with Gasteiger partial charge in [-0.3, -0.25) is 0 Å². The van der Waals surface area contributed by atoms with Crippen LogP contribution in [0.3, 0.4) is 0 Å². The normalized spacial score (nSPS) is 13.4. The Morgan fingerprint density at radius 1 is 0.917 bits per heavy atom. The first-order valence-electron chi connectivity index (χ1n) is 9.24. The van der Waals surface area contributed by atoms with E-state index in [0.717, 1.165) is 6.42 Å². The van der Waals surface area contributed by atoms with Crippen molar-refractivity contribution in [3.63, 3.8) is 0 Å². The molecule has 0 aliphatic carbocycles. The summed E-state index contributed by atoms with van der Waals surface area (Å²) in [4.78, 5) is 10.5. The number of hydrogen-bond donors (Lipinski definition) is 1. The van der Waals surface area contributed by atoms with Crippen LogP contribution in [0.25, 0.3) is 0 Å². The van der Waals surface area contributed by atoms with Crippen molar-refractivity contribution in [2.24, 2.45) is 0 Å². The van der Waals surface area contributed by atoms with Crippen molar-refractivity contribution < 1.29 is 14.6 Å². The highest BCUT2D eigenvalue weighted by molar-refractivity contribution is 5.89. The van der Waals surface area contributed by atoms with E-state index in [4.69, 9.17) is 9.84 Å². The molecule has 0 radical (unpaired) electrons. The third kappa shape index (κ3) is 12.7. The zero-order chi connectivity index (χ0) is 16.8. The van der Waals surface area contributed by atoms with Crippen LogP contribution in [0.15, 0.2) is 35.8 Å². The second-order valence-electron chi connectivity index (χ2n) is 6.21. The molecule has 0 saturated carbocycles. The number of ether oxygens (including phenoxy) is 1. The summed E-state index contributed by atoms with van der Waals surface area (Å²) in [5.74, 6) is -0.452. The fourth-order valence-electron chi connectivity index (χ4n) is 2.59. The maximum atomic E-state index is 10.5. The first kappa shape index (κ1) is 23.3. The van der Waals surface area contributed by atoms with Crippen molar-refractivity contribution in [1.82, 2.24) is 0 Å². The fourth-order valence-corrected chi connectivity index (χ4v) is 2.59. The highest BCUT2D eigenvalue weighted by atomic mass is 24.3. The number of carbonyl (C=O) groups is 1. The molecule has 0 fully saturated rings. The molecule has 0 aromatic rings. The van der Waals surface area contributed by atoms with Crippen molar-refractivity contribution in [1.29, 1.82) is 0 Å². The quantitative estimate of drug-likeness (QED) is 0.251. The Bertz CT molecular complexity index is 425. The number of hydrogen-bond acceptors (Lipinski definition) is 2. The topological polar surface area (TPSA) is 49.8 Å². The van der Waals surface area contributed by atoms with Gasteiger partial charge in [-0.1, -0.05) is 89.4 Å². The summed E-state index contributed by atoms with van der Waals surface area (Å²) in [6.07, 6.45) is 23.8.